The van der Waals surface area contributed by atoms with Crippen molar-refractivity contribution in [1.82, 2.24) is 9.13 Å². The standard InChI is InChI=1S/C21H21N3O5/c1-4-29-18-8-5-16(6-9-18)23-14(2)11-19(15(23)3)20(25)13-22-12-17(24(27)28)7-10-21(22)26/h5-12H,4,13H2,1-3H3. The smallest absolute Gasteiger partial charge is 0.285 e. The zero-order valence-electron chi connectivity index (χ0n) is 16.4. The number of pyridine rings is 1. The van der Waals surface area contributed by atoms with E-state index >= 15 is 0 Å². The molecule has 0 unspecified atom stereocenters. The molecule has 8 heteroatoms. The van der Waals surface area contributed by atoms with Crippen LogP contribution in [0, 0.1) is 24.0 Å². The number of carbonyl (C=O) groups is 1. The van der Waals surface area contributed by atoms with Gasteiger partial charge in [-0.25, -0.2) is 0 Å². The van der Waals surface area contributed by atoms with Crippen molar-refractivity contribution in [2.45, 2.75) is 27.3 Å². The van der Waals surface area contributed by atoms with Gasteiger partial charge in [0, 0.05) is 34.8 Å². The van der Waals surface area contributed by atoms with E-state index in [1.54, 1.807) is 6.07 Å². The van der Waals surface area contributed by atoms with Crippen molar-refractivity contribution < 1.29 is 14.5 Å². The van der Waals surface area contributed by atoms with Crippen LogP contribution in [0.2, 0.25) is 0 Å². The van der Waals surface area contributed by atoms with Gasteiger partial charge in [0.25, 0.3) is 11.2 Å². The molecule has 0 N–H and O–H groups in total. The van der Waals surface area contributed by atoms with Crippen molar-refractivity contribution in [3.05, 3.63) is 86.1 Å². The minimum Gasteiger partial charge on any atom is -0.494 e. The number of ether oxygens (including phenoxy) is 1. The highest BCUT2D eigenvalue weighted by Gasteiger charge is 2.18. The van der Waals surface area contributed by atoms with Gasteiger partial charge in [0.1, 0.15) is 5.75 Å². The fourth-order valence-electron chi connectivity index (χ4n) is 3.29. The summed E-state index contributed by atoms with van der Waals surface area (Å²) < 4.78 is 8.46. The third-order valence-corrected chi connectivity index (χ3v) is 4.63. The van der Waals surface area contributed by atoms with Crippen molar-refractivity contribution in [3.8, 4) is 11.4 Å². The Morgan fingerprint density at radius 2 is 1.83 bits per heavy atom. The van der Waals surface area contributed by atoms with E-state index in [4.69, 9.17) is 4.74 Å². The molecule has 0 radical (unpaired) electrons. The van der Waals surface area contributed by atoms with Crippen molar-refractivity contribution in [1.29, 1.82) is 0 Å². The Morgan fingerprint density at radius 3 is 2.45 bits per heavy atom. The molecule has 3 aromatic rings. The van der Waals surface area contributed by atoms with E-state index in [1.807, 2.05) is 49.6 Å². The zero-order chi connectivity index (χ0) is 21.1. The number of ketones is 1. The van der Waals surface area contributed by atoms with Crippen molar-refractivity contribution in [2.75, 3.05) is 6.61 Å². The first-order valence-corrected chi connectivity index (χ1v) is 9.12. The fourth-order valence-corrected chi connectivity index (χ4v) is 3.29. The van der Waals surface area contributed by atoms with Crippen LogP contribution < -0.4 is 10.3 Å². The molecule has 29 heavy (non-hydrogen) atoms. The molecule has 0 aliphatic heterocycles. The first-order chi connectivity index (χ1) is 13.8. The second-order valence-electron chi connectivity index (χ2n) is 6.58. The summed E-state index contributed by atoms with van der Waals surface area (Å²) in [5.74, 6) is 0.470. The normalized spacial score (nSPS) is 10.7. The fraction of sp³-hybridized carbons (Fsp3) is 0.238. The van der Waals surface area contributed by atoms with Crippen LogP contribution in [0.5, 0.6) is 5.75 Å². The number of carbonyl (C=O) groups excluding carboxylic acids is 1. The second-order valence-corrected chi connectivity index (χ2v) is 6.58. The van der Waals surface area contributed by atoms with E-state index in [9.17, 15) is 19.7 Å². The average molecular weight is 395 g/mol. The summed E-state index contributed by atoms with van der Waals surface area (Å²) in [5.41, 5.74) is 2.24. The Kier molecular flexibility index (Phi) is 5.63. The van der Waals surface area contributed by atoms with Gasteiger partial charge < -0.3 is 13.9 Å². The van der Waals surface area contributed by atoms with Crippen LogP contribution in [0.1, 0.15) is 28.7 Å². The number of nitro groups is 1. The van der Waals surface area contributed by atoms with Gasteiger partial charge in [-0.15, -0.1) is 0 Å². The quantitative estimate of drug-likeness (QED) is 0.347. The number of aromatic nitrogens is 2. The van der Waals surface area contributed by atoms with E-state index in [0.29, 0.717) is 12.2 Å². The summed E-state index contributed by atoms with van der Waals surface area (Å²) in [5, 5.41) is 10.9. The number of hydrogen-bond acceptors (Lipinski definition) is 5. The summed E-state index contributed by atoms with van der Waals surface area (Å²) in [6, 6.07) is 11.5. The van der Waals surface area contributed by atoms with Crippen LogP contribution in [0.4, 0.5) is 5.69 Å². The maximum absolute atomic E-state index is 12.8. The number of aryl methyl sites for hydroxylation is 1. The third-order valence-electron chi connectivity index (χ3n) is 4.63. The minimum atomic E-state index is -0.599. The average Bonchev–Trinajstić information content (AvgIpc) is 2.98. The van der Waals surface area contributed by atoms with Gasteiger partial charge in [-0.2, -0.15) is 0 Å². The molecule has 2 heterocycles. The molecule has 1 aromatic carbocycles. The lowest BCUT2D eigenvalue weighted by Crippen LogP contribution is -2.23. The lowest BCUT2D eigenvalue weighted by Gasteiger charge is -2.11. The SMILES string of the molecule is CCOc1ccc(-n2c(C)cc(C(=O)Cn3cc([N+](=O)[O-])ccc3=O)c2C)cc1. The summed E-state index contributed by atoms with van der Waals surface area (Å²) in [7, 11) is 0. The summed E-state index contributed by atoms with van der Waals surface area (Å²) in [6.07, 6.45) is 1.09. The molecule has 0 atom stereocenters. The number of Topliss-reactive ketones (excluding diaryl/α,β-unsaturated/α-hetero) is 1. The predicted molar refractivity (Wildman–Crippen MR) is 108 cm³/mol. The van der Waals surface area contributed by atoms with Crippen LogP contribution in [0.25, 0.3) is 5.69 Å². The Balaban J connectivity index is 1.92. The van der Waals surface area contributed by atoms with Gasteiger partial charge in [-0.3, -0.25) is 19.7 Å². The predicted octanol–water partition coefficient (Wildman–Crippen LogP) is 3.45. The second kappa shape index (κ2) is 8.14. The molecule has 0 amide bonds. The molecule has 0 saturated heterocycles. The maximum Gasteiger partial charge on any atom is 0.285 e. The first kappa shape index (κ1) is 20.1. The maximum atomic E-state index is 12.8. The van der Waals surface area contributed by atoms with Crippen molar-refractivity contribution in [3.63, 3.8) is 0 Å². The monoisotopic (exact) mass is 395 g/mol. The third kappa shape index (κ3) is 4.11. The lowest BCUT2D eigenvalue weighted by molar-refractivity contribution is -0.385. The molecule has 150 valence electrons. The molecule has 8 nitrogen and oxygen atoms in total. The number of hydrogen-bond donors (Lipinski definition) is 0. The molecule has 3 rings (SSSR count). The van der Waals surface area contributed by atoms with Crippen molar-refractivity contribution >= 4 is 11.5 Å². The van der Waals surface area contributed by atoms with E-state index in [0.717, 1.165) is 45.7 Å². The Hall–Kier alpha value is -3.68. The molecule has 0 spiro atoms. The van der Waals surface area contributed by atoms with Gasteiger partial charge in [-0.1, -0.05) is 0 Å². The highest BCUT2D eigenvalue weighted by Crippen LogP contribution is 2.23. The highest BCUT2D eigenvalue weighted by atomic mass is 16.6. The number of benzene rings is 1. The number of nitrogens with zero attached hydrogens (tertiary/aromatic N) is 3. The van der Waals surface area contributed by atoms with E-state index in [-0.39, 0.29) is 18.0 Å². The van der Waals surface area contributed by atoms with Crippen molar-refractivity contribution in [2.24, 2.45) is 0 Å². The summed E-state index contributed by atoms with van der Waals surface area (Å²) >= 11 is 0. The van der Waals surface area contributed by atoms with Crippen LogP contribution in [-0.2, 0) is 6.54 Å². The van der Waals surface area contributed by atoms with Gasteiger partial charge >= 0.3 is 0 Å². The largest absolute Gasteiger partial charge is 0.494 e. The van der Waals surface area contributed by atoms with Gasteiger partial charge in [0.15, 0.2) is 5.78 Å². The molecule has 0 aliphatic rings. The van der Waals surface area contributed by atoms with Crippen LogP contribution in [0.15, 0.2) is 53.5 Å². The van der Waals surface area contributed by atoms with Crippen LogP contribution in [0.3, 0.4) is 0 Å². The zero-order valence-corrected chi connectivity index (χ0v) is 16.4. The Bertz CT molecular complexity index is 1130. The number of rotatable bonds is 7. The van der Waals surface area contributed by atoms with Crippen LogP contribution in [-0.4, -0.2) is 26.4 Å². The molecule has 0 fully saturated rings. The molecule has 0 aliphatic carbocycles. The van der Waals surface area contributed by atoms with E-state index in [2.05, 4.69) is 0 Å². The van der Waals surface area contributed by atoms with Gasteiger partial charge in [-0.05, 0) is 51.1 Å². The van der Waals surface area contributed by atoms with Gasteiger partial charge in [0.2, 0.25) is 0 Å². The minimum absolute atomic E-state index is 0.239. The first-order valence-electron chi connectivity index (χ1n) is 9.12. The molecule has 0 bridgehead atoms. The lowest BCUT2D eigenvalue weighted by atomic mass is 10.1. The van der Waals surface area contributed by atoms with E-state index < -0.39 is 10.5 Å². The Labute approximate surface area is 167 Å². The molecule has 2 aromatic heterocycles. The van der Waals surface area contributed by atoms with E-state index in [1.165, 1.54) is 0 Å². The van der Waals surface area contributed by atoms with Gasteiger partial charge in [0.05, 0.1) is 24.3 Å². The molecule has 0 saturated carbocycles. The highest BCUT2D eigenvalue weighted by molar-refractivity contribution is 5.97. The summed E-state index contributed by atoms with van der Waals surface area (Å²) in [4.78, 5) is 35.2. The van der Waals surface area contributed by atoms with Crippen LogP contribution >= 0.6 is 0 Å². The molecular weight excluding hydrogens is 374 g/mol. The molecular formula is C21H21N3O5. The topological polar surface area (TPSA) is 96.4 Å². The summed E-state index contributed by atoms with van der Waals surface area (Å²) in [6.45, 7) is 5.94. The Morgan fingerprint density at radius 1 is 1.14 bits per heavy atom.